The number of carbonyl (C=O) groups excluding carboxylic acids is 1. The predicted octanol–water partition coefficient (Wildman–Crippen LogP) is 1.93. The Morgan fingerprint density at radius 2 is 2.25 bits per heavy atom. The molecule has 1 aliphatic rings. The number of hydrogen-bond donors (Lipinski definition) is 1. The van der Waals surface area contributed by atoms with Crippen molar-refractivity contribution >= 4 is 5.97 Å². The van der Waals surface area contributed by atoms with Gasteiger partial charge in [-0.05, 0) is 30.9 Å². The number of ether oxygens (including phenoxy) is 1. The molecule has 3 nitrogen and oxygen atoms in total. The second kappa shape index (κ2) is 4.66. The van der Waals surface area contributed by atoms with E-state index in [2.05, 4.69) is 0 Å². The van der Waals surface area contributed by atoms with E-state index in [0.29, 0.717) is 25.0 Å². The summed E-state index contributed by atoms with van der Waals surface area (Å²) < 4.78 is 5.24. The quantitative estimate of drug-likeness (QED) is 0.625. The van der Waals surface area contributed by atoms with Crippen LogP contribution in [0, 0.1) is 5.92 Å². The van der Waals surface area contributed by atoms with Gasteiger partial charge in [-0.25, -0.2) is 0 Å². The Morgan fingerprint density at radius 1 is 1.50 bits per heavy atom. The molecular formula is C13H16O3. The fourth-order valence-electron chi connectivity index (χ4n) is 1.99. The fourth-order valence-corrected chi connectivity index (χ4v) is 1.99. The molecule has 0 radical (unpaired) electrons. The molecule has 0 saturated carbocycles. The Bertz CT molecular complexity index is 387. The zero-order valence-corrected chi connectivity index (χ0v) is 9.35. The Morgan fingerprint density at radius 3 is 3.00 bits per heavy atom. The third kappa shape index (κ3) is 2.25. The molecule has 0 aromatic heterocycles. The molecule has 2 rings (SSSR count). The Hall–Kier alpha value is -1.35. The maximum Gasteiger partial charge on any atom is 0.314 e. The first kappa shape index (κ1) is 11.1. The van der Waals surface area contributed by atoms with Crippen molar-refractivity contribution in [2.24, 2.45) is 5.92 Å². The van der Waals surface area contributed by atoms with Crippen LogP contribution in [-0.2, 0) is 11.2 Å². The van der Waals surface area contributed by atoms with Gasteiger partial charge in [-0.15, -0.1) is 0 Å². The standard InChI is InChI=1S/C13H16O3/c1-2-11(14)8-10-7-9-5-3-4-6-12(9)16-13(10)15/h3-6,10-11,14H,2,7-8H2,1H3. The molecule has 2 unspecified atom stereocenters. The summed E-state index contributed by atoms with van der Waals surface area (Å²) in [4.78, 5) is 11.7. The zero-order valence-electron chi connectivity index (χ0n) is 9.35. The third-order valence-corrected chi connectivity index (χ3v) is 3.01. The molecule has 0 bridgehead atoms. The van der Waals surface area contributed by atoms with Crippen molar-refractivity contribution in [3.63, 3.8) is 0 Å². The van der Waals surface area contributed by atoms with Gasteiger partial charge in [0.05, 0.1) is 12.0 Å². The Kier molecular flexibility index (Phi) is 3.25. The molecule has 1 aliphatic heterocycles. The highest BCUT2D eigenvalue weighted by Gasteiger charge is 2.29. The summed E-state index contributed by atoms with van der Waals surface area (Å²) in [5.74, 6) is 0.241. The zero-order chi connectivity index (χ0) is 11.5. The van der Waals surface area contributed by atoms with E-state index in [4.69, 9.17) is 4.74 Å². The molecule has 0 fully saturated rings. The normalized spacial score (nSPS) is 21.1. The van der Waals surface area contributed by atoms with Gasteiger partial charge in [-0.1, -0.05) is 25.1 Å². The van der Waals surface area contributed by atoms with Crippen LogP contribution >= 0.6 is 0 Å². The van der Waals surface area contributed by atoms with Gasteiger partial charge < -0.3 is 9.84 Å². The summed E-state index contributed by atoms with van der Waals surface area (Å²) in [7, 11) is 0. The number of fused-ring (bicyclic) bond motifs is 1. The minimum atomic E-state index is -0.414. The number of aliphatic hydroxyl groups excluding tert-OH is 1. The Labute approximate surface area is 95.0 Å². The van der Waals surface area contributed by atoms with E-state index in [-0.39, 0.29) is 11.9 Å². The van der Waals surface area contributed by atoms with Gasteiger partial charge in [-0.3, -0.25) is 4.79 Å². The van der Waals surface area contributed by atoms with Crippen molar-refractivity contribution < 1.29 is 14.6 Å². The van der Waals surface area contributed by atoms with E-state index in [0.717, 1.165) is 5.56 Å². The lowest BCUT2D eigenvalue weighted by Gasteiger charge is -2.24. The maximum atomic E-state index is 11.7. The van der Waals surface area contributed by atoms with Crippen LogP contribution in [0.2, 0.25) is 0 Å². The average Bonchev–Trinajstić information content (AvgIpc) is 2.30. The molecule has 2 atom stereocenters. The molecular weight excluding hydrogens is 204 g/mol. The minimum absolute atomic E-state index is 0.204. The van der Waals surface area contributed by atoms with Crippen LogP contribution in [0.1, 0.15) is 25.3 Å². The average molecular weight is 220 g/mol. The van der Waals surface area contributed by atoms with E-state index in [1.807, 2.05) is 25.1 Å². The molecule has 0 saturated heterocycles. The van der Waals surface area contributed by atoms with E-state index >= 15 is 0 Å². The summed E-state index contributed by atoms with van der Waals surface area (Å²) in [5.41, 5.74) is 1.05. The van der Waals surface area contributed by atoms with E-state index in [1.54, 1.807) is 6.07 Å². The van der Waals surface area contributed by atoms with Crippen molar-refractivity contribution in [1.29, 1.82) is 0 Å². The van der Waals surface area contributed by atoms with Crippen LogP contribution in [0.4, 0.5) is 0 Å². The highest BCUT2D eigenvalue weighted by molar-refractivity contribution is 5.78. The highest BCUT2D eigenvalue weighted by atomic mass is 16.5. The van der Waals surface area contributed by atoms with Crippen LogP contribution < -0.4 is 4.74 Å². The van der Waals surface area contributed by atoms with Gasteiger partial charge >= 0.3 is 5.97 Å². The molecule has 0 amide bonds. The summed E-state index contributed by atoms with van der Waals surface area (Å²) in [6, 6.07) is 7.56. The number of para-hydroxylation sites is 1. The van der Waals surface area contributed by atoms with Crippen LogP contribution in [-0.4, -0.2) is 17.2 Å². The van der Waals surface area contributed by atoms with E-state index < -0.39 is 6.10 Å². The molecule has 1 aromatic rings. The molecule has 1 heterocycles. The molecule has 1 aromatic carbocycles. The number of carbonyl (C=O) groups is 1. The molecule has 86 valence electrons. The number of hydrogen-bond acceptors (Lipinski definition) is 3. The lowest BCUT2D eigenvalue weighted by atomic mass is 9.91. The van der Waals surface area contributed by atoms with Gasteiger partial charge in [0.15, 0.2) is 0 Å². The molecule has 1 N–H and O–H groups in total. The second-order valence-corrected chi connectivity index (χ2v) is 4.23. The van der Waals surface area contributed by atoms with Gasteiger partial charge in [0.2, 0.25) is 0 Å². The molecule has 3 heteroatoms. The molecule has 0 aliphatic carbocycles. The SMILES string of the molecule is CCC(O)CC1Cc2ccccc2OC1=O. The summed E-state index contributed by atoms with van der Waals surface area (Å²) in [5, 5.41) is 9.57. The maximum absolute atomic E-state index is 11.7. The van der Waals surface area contributed by atoms with Crippen LogP contribution in [0.25, 0.3) is 0 Å². The smallest absolute Gasteiger partial charge is 0.314 e. The number of rotatable bonds is 3. The molecule has 0 spiro atoms. The van der Waals surface area contributed by atoms with Crippen LogP contribution in [0.15, 0.2) is 24.3 Å². The lowest BCUT2D eigenvalue weighted by molar-refractivity contribution is -0.141. The number of benzene rings is 1. The predicted molar refractivity (Wildman–Crippen MR) is 60.2 cm³/mol. The van der Waals surface area contributed by atoms with Crippen molar-refractivity contribution in [3.05, 3.63) is 29.8 Å². The number of esters is 1. The van der Waals surface area contributed by atoms with Crippen molar-refractivity contribution in [3.8, 4) is 5.75 Å². The summed E-state index contributed by atoms with van der Waals surface area (Å²) in [6.45, 7) is 1.91. The fraction of sp³-hybridized carbons (Fsp3) is 0.462. The molecule has 16 heavy (non-hydrogen) atoms. The summed E-state index contributed by atoms with van der Waals surface area (Å²) in [6.07, 6.45) is 1.42. The Balaban J connectivity index is 2.12. The second-order valence-electron chi connectivity index (χ2n) is 4.23. The lowest BCUT2D eigenvalue weighted by Crippen LogP contribution is -2.30. The first-order valence-electron chi connectivity index (χ1n) is 5.68. The number of aliphatic hydroxyl groups is 1. The first-order chi connectivity index (χ1) is 7.70. The van der Waals surface area contributed by atoms with Crippen molar-refractivity contribution in [2.45, 2.75) is 32.3 Å². The van der Waals surface area contributed by atoms with Crippen LogP contribution in [0.5, 0.6) is 5.75 Å². The topological polar surface area (TPSA) is 46.5 Å². The highest BCUT2D eigenvalue weighted by Crippen LogP contribution is 2.29. The van der Waals surface area contributed by atoms with Gasteiger partial charge in [0.1, 0.15) is 5.75 Å². The van der Waals surface area contributed by atoms with E-state index in [9.17, 15) is 9.90 Å². The van der Waals surface area contributed by atoms with Gasteiger partial charge in [-0.2, -0.15) is 0 Å². The largest absolute Gasteiger partial charge is 0.426 e. The van der Waals surface area contributed by atoms with Gasteiger partial charge in [0, 0.05) is 0 Å². The first-order valence-corrected chi connectivity index (χ1v) is 5.68. The summed E-state index contributed by atoms with van der Waals surface area (Å²) >= 11 is 0. The van der Waals surface area contributed by atoms with Gasteiger partial charge in [0.25, 0.3) is 0 Å². The third-order valence-electron chi connectivity index (χ3n) is 3.01. The van der Waals surface area contributed by atoms with Crippen molar-refractivity contribution in [1.82, 2.24) is 0 Å². The monoisotopic (exact) mass is 220 g/mol. The van der Waals surface area contributed by atoms with Crippen molar-refractivity contribution in [2.75, 3.05) is 0 Å². The van der Waals surface area contributed by atoms with E-state index in [1.165, 1.54) is 0 Å². The van der Waals surface area contributed by atoms with Crippen LogP contribution in [0.3, 0.4) is 0 Å². The minimum Gasteiger partial charge on any atom is -0.426 e.